The molecule has 0 fully saturated rings. The van der Waals surface area contributed by atoms with E-state index in [-0.39, 0.29) is 5.56 Å². The number of rotatable bonds is 5. The van der Waals surface area contributed by atoms with Gasteiger partial charge in [-0.3, -0.25) is 4.98 Å². The molecule has 0 saturated carbocycles. The highest BCUT2D eigenvalue weighted by atomic mass is 16.4. The fourth-order valence-corrected chi connectivity index (χ4v) is 1.49. The Bertz CT molecular complexity index is 494. The lowest BCUT2D eigenvalue weighted by Crippen LogP contribution is -2.09. The smallest absolute Gasteiger partial charge is 0.339 e. The first-order chi connectivity index (χ1) is 8.27. The summed E-state index contributed by atoms with van der Waals surface area (Å²) in [7, 11) is 0. The molecule has 0 unspecified atom stereocenters. The van der Waals surface area contributed by atoms with Gasteiger partial charge in [0.1, 0.15) is 11.3 Å². The van der Waals surface area contributed by atoms with Crippen LogP contribution >= 0.6 is 0 Å². The molecule has 0 bridgehead atoms. The molecule has 0 aliphatic carbocycles. The van der Waals surface area contributed by atoms with Crippen LogP contribution in [0.15, 0.2) is 41.3 Å². The standard InChI is InChI=1S/C12H12N2O3/c15-12(16)10-8-13-5-4-11(10)14-6-3-9-2-1-7-17-9/h1-2,4-5,7-8H,3,6H2,(H,13,14)(H,15,16). The van der Waals surface area contributed by atoms with E-state index in [1.807, 2.05) is 12.1 Å². The Hall–Kier alpha value is -2.30. The topological polar surface area (TPSA) is 75.4 Å². The van der Waals surface area contributed by atoms with Crippen molar-refractivity contribution in [3.8, 4) is 0 Å². The van der Waals surface area contributed by atoms with E-state index in [1.54, 1.807) is 18.5 Å². The fraction of sp³-hybridized carbons (Fsp3) is 0.167. The molecule has 2 rings (SSSR count). The summed E-state index contributed by atoms with van der Waals surface area (Å²) in [5, 5.41) is 12.0. The maximum atomic E-state index is 10.9. The molecule has 2 N–H and O–H groups in total. The number of furan rings is 1. The summed E-state index contributed by atoms with van der Waals surface area (Å²) in [5.74, 6) is -0.123. The van der Waals surface area contributed by atoms with Crippen LogP contribution in [0.2, 0.25) is 0 Å². The number of nitrogens with one attached hydrogen (secondary N) is 1. The van der Waals surface area contributed by atoms with Crippen LogP contribution in [0.4, 0.5) is 5.69 Å². The molecule has 0 aliphatic rings. The van der Waals surface area contributed by atoms with E-state index in [0.717, 1.165) is 5.76 Å². The van der Waals surface area contributed by atoms with Crippen molar-refractivity contribution in [3.63, 3.8) is 0 Å². The van der Waals surface area contributed by atoms with Gasteiger partial charge >= 0.3 is 5.97 Å². The van der Waals surface area contributed by atoms with Crippen LogP contribution in [0.25, 0.3) is 0 Å². The highest BCUT2D eigenvalue weighted by Gasteiger charge is 2.08. The summed E-state index contributed by atoms with van der Waals surface area (Å²) < 4.78 is 5.18. The summed E-state index contributed by atoms with van der Waals surface area (Å²) in [6.45, 7) is 0.609. The van der Waals surface area contributed by atoms with Gasteiger partial charge < -0.3 is 14.8 Å². The number of pyridine rings is 1. The predicted octanol–water partition coefficient (Wildman–Crippen LogP) is 2.03. The number of aromatic carboxylic acids is 1. The normalized spacial score (nSPS) is 10.1. The van der Waals surface area contributed by atoms with Gasteiger partial charge in [-0.15, -0.1) is 0 Å². The first-order valence-corrected chi connectivity index (χ1v) is 5.21. The molecular weight excluding hydrogens is 220 g/mol. The molecule has 2 aromatic heterocycles. The van der Waals surface area contributed by atoms with E-state index >= 15 is 0 Å². The van der Waals surface area contributed by atoms with Gasteiger partial charge in [-0.25, -0.2) is 4.79 Å². The highest BCUT2D eigenvalue weighted by molar-refractivity contribution is 5.93. The fourth-order valence-electron chi connectivity index (χ4n) is 1.49. The molecule has 2 aromatic rings. The van der Waals surface area contributed by atoms with Crippen molar-refractivity contribution in [3.05, 3.63) is 48.2 Å². The summed E-state index contributed by atoms with van der Waals surface area (Å²) in [6, 6.07) is 5.35. The lowest BCUT2D eigenvalue weighted by atomic mass is 10.2. The van der Waals surface area contributed by atoms with Crippen LogP contribution in [0.3, 0.4) is 0 Å². The van der Waals surface area contributed by atoms with Crippen molar-refractivity contribution in [1.29, 1.82) is 0 Å². The third-order valence-corrected chi connectivity index (χ3v) is 2.32. The average Bonchev–Trinajstić information content (AvgIpc) is 2.82. The van der Waals surface area contributed by atoms with E-state index in [9.17, 15) is 4.79 Å². The number of aromatic nitrogens is 1. The number of carboxylic acid groups (broad SMARTS) is 1. The van der Waals surface area contributed by atoms with Crippen molar-refractivity contribution >= 4 is 11.7 Å². The Morgan fingerprint density at radius 1 is 1.47 bits per heavy atom. The zero-order valence-electron chi connectivity index (χ0n) is 9.09. The molecule has 0 amide bonds. The monoisotopic (exact) mass is 232 g/mol. The Kier molecular flexibility index (Phi) is 3.40. The molecular formula is C12H12N2O3. The SMILES string of the molecule is O=C(O)c1cnccc1NCCc1ccco1. The second-order valence-corrected chi connectivity index (χ2v) is 3.48. The van der Waals surface area contributed by atoms with Crippen LogP contribution in [0.5, 0.6) is 0 Å². The molecule has 0 atom stereocenters. The molecule has 0 spiro atoms. The summed E-state index contributed by atoms with van der Waals surface area (Å²) in [4.78, 5) is 14.7. The quantitative estimate of drug-likeness (QED) is 0.824. The largest absolute Gasteiger partial charge is 0.478 e. The van der Waals surface area contributed by atoms with E-state index in [2.05, 4.69) is 10.3 Å². The van der Waals surface area contributed by atoms with Crippen LogP contribution in [-0.4, -0.2) is 22.6 Å². The van der Waals surface area contributed by atoms with E-state index < -0.39 is 5.97 Å². The Morgan fingerprint density at radius 2 is 2.35 bits per heavy atom. The Morgan fingerprint density at radius 3 is 3.06 bits per heavy atom. The zero-order valence-corrected chi connectivity index (χ0v) is 9.09. The van der Waals surface area contributed by atoms with Crippen molar-refractivity contribution in [2.75, 3.05) is 11.9 Å². The lowest BCUT2D eigenvalue weighted by molar-refractivity contribution is 0.0697. The van der Waals surface area contributed by atoms with E-state index in [4.69, 9.17) is 9.52 Å². The van der Waals surface area contributed by atoms with Crippen molar-refractivity contribution in [1.82, 2.24) is 4.98 Å². The molecule has 0 aliphatic heterocycles. The summed E-state index contributed by atoms with van der Waals surface area (Å²) >= 11 is 0. The van der Waals surface area contributed by atoms with Gasteiger partial charge in [0.25, 0.3) is 0 Å². The third-order valence-electron chi connectivity index (χ3n) is 2.32. The number of carbonyl (C=O) groups is 1. The Labute approximate surface area is 98.1 Å². The number of hydrogen-bond acceptors (Lipinski definition) is 4. The molecule has 0 aromatic carbocycles. The van der Waals surface area contributed by atoms with Crippen LogP contribution in [-0.2, 0) is 6.42 Å². The van der Waals surface area contributed by atoms with Gasteiger partial charge in [-0.1, -0.05) is 0 Å². The summed E-state index contributed by atoms with van der Waals surface area (Å²) in [6.07, 6.45) is 5.21. The van der Waals surface area contributed by atoms with Gasteiger partial charge in [0.15, 0.2) is 0 Å². The molecule has 0 saturated heterocycles. The van der Waals surface area contributed by atoms with E-state index in [0.29, 0.717) is 18.7 Å². The highest BCUT2D eigenvalue weighted by Crippen LogP contribution is 2.13. The van der Waals surface area contributed by atoms with Crippen LogP contribution in [0.1, 0.15) is 16.1 Å². The second-order valence-electron chi connectivity index (χ2n) is 3.48. The molecule has 0 radical (unpaired) electrons. The van der Waals surface area contributed by atoms with Gasteiger partial charge in [0, 0.05) is 25.4 Å². The average molecular weight is 232 g/mol. The van der Waals surface area contributed by atoms with E-state index in [1.165, 1.54) is 6.20 Å². The first-order valence-electron chi connectivity index (χ1n) is 5.21. The molecule has 2 heterocycles. The number of carboxylic acids is 1. The van der Waals surface area contributed by atoms with Crippen LogP contribution in [0, 0.1) is 0 Å². The zero-order chi connectivity index (χ0) is 12.1. The van der Waals surface area contributed by atoms with Gasteiger partial charge in [0.2, 0.25) is 0 Å². The second kappa shape index (κ2) is 5.16. The van der Waals surface area contributed by atoms with Crippen LogP contribution < -0.4 is 5.32 Å². The van der Waals surface area contributed by atoms with Crippen molar-refractivity contribution in [2.24, 2.45) is 0 Å². The maximum absolute atomic E-state index is 10.9. The minimum Gasteiger partial charge on any atom is -0.478 e. The van der Waals surface area contributed by atoms with Crippen molar-refractivity contribution in [2.45, 2.75) is 6.42 Å². The van der Waals surface area contributed by atoms with Gasteiger partial charge in [-0.2, -0.15) is 0 Å². The maximum Gasteiger partial charge on any atom is 0.339 e. The van der Waals surface area contributed by atoms with Gasteiger partial charge in [0.05, 0.1) is 12.0 Å². The third kappa shape index (κ3) is 2.84. The lowest BCUT2D eigenvalue weighted by Gasteiger charge is -2.07. The minimum absolute atomic E-state index is 0.173. The Balaban J connectivity index is 1.97. The molecule has 5 nitrogen and oxygen atoms in total. The number of hydrogen-bond donors (Lipinski definition) is 2. The minimum atomic E-state index is -0.987. The first kappa shape index (κ1) is 11.2. The number of anilines is 1. The molecule has 88 valence electrons. The van der Waals surface area contributed by atoms with Crippen molar-refractivity contribution < 1.29 is 14.3 Å². The summed E-state index contributed by atoms with van der Waals surface area (Å²) in [5.41, 5.74) is 0.742. The molecule has 5 heteroatoms. The molecule has 17 heavy (non-hydrogen) atoms. The number of nitrogens with zero attached hydrogens (tertiary/aromatic N) is 1. The van der Waals surface area contributed by atoms with Gasteiger partial charge in [-0.05, 0) is 18.2 Å². The predicted molar refractivity (Wildman–Crippen MR) is 62.1 cm³/mol.